The number of fused-ring (bicyclic) bond motifs is 1. The Morgan fingerprint density at radius 2 is 1.60 bits per heavy atom. The smallest absolute Gasteiger partial charge is 0.350 e. The number of hydrogen-bond acceptors (Lipinski definition) is 7. The average molecular weight is 309 g/mol. The van der Waals surface area contributed by atoms with E-state index < -0.39 is 5.97 Å². The molecule has 0 fully saturated rings. The third kappa shape index (κ3) is 2.44. The van der Waals surface area contributed by atoms with Crippen LogP contribution in [0, 0.1) is 11.3 Å². The Kier molecular flexibility index (Phi) is 4.47. The van der Waals surface area contributed by atoms with E-state index in [4.69, 9.17) is 14.7 Å². The summed E-state index contributed by atoms with van der Waals surface area (Å²) in [4.78, 5) is 13.3. The highest BCUT2D eigenvalue weighted by molar-refractivity contribution is 8.24. The van der Waals surface area contributed by atoms with Gasteiger partial charge in [-0.15, -0.1) is 0 Å². The van der Waals surface area contributed by atoms with E-state index in [2.05, 4.69) is 4.74 Å². The Balaban J connectivity index is 2.52. The Labute approximate surface area is 124 Å². The molecule has 0 atom stereocenters. The number of esters is 1. The summed E-state index contributed by atoms with van der Waals surface area (Å²) in [5.41, 5.74) is -0.0113. The molecule has 104 valence electrons. The molecule has 0 spiro atoms. The number of nitriles is 1. The number of ether oxygens (including phenoxy) is 3. The molecular formula is C13H11NO4S2. The zero-order valence-corrected chi connectivity index (χ0v) is 12.7. The van der Waals surface area contributed by atoms with E-state index >= 15 is 0 Å². The van der Waals surface area contributed by atoms with Gasteiger partial charge in [-0.3, -0.25) is 0 Å². The second kappa shape index (κ2) is 6.11. The molecule has 0 bridgehead atoms. The first-order valence-electron chi connectivity index (χ1n) is 5.49. The fraction of sp³-hybridized carbons (Fsp3) is 0.231. The molecule has 1 heterocycles. The number of methoxy groups -OCH3 is 3. The minimum Gasteiger partial charge on any atom is -0.496 e. The van der Waals surface area contributed by atoms with Crippen LogP contribution in [-0.2, 0) is 9.53 Å². The zero-order chi connectivity index (χ0) is 14.7. The van der Waals surface area contributed by atoms with Crippen LogP contribution in [0.1, 0.15) is 0 Å². The lowest BCUT2D eigenvalue weighted by atomic mass is 10.3. The van der Waals surface area contributed by atoms with E-state index in [1.165, 1.54) is 30.6 Å². The van der Waals surface area contributed by atoms with Gasteiger partial charge in [0.1, 0.15) is 17.6 Å². The standard InChI is InChI=1S/C13H11NO4S2/c1-16-8-4-5-9(17-2)11-10(8)19-13(20-11)7(6-14)12(15)18-3/h4-5H,1-3H3. The van der Waals surface area contributed by atoms with Crippen LogP contribution in [0.5, 0.6) is 11.5 Å². The summed E-state index contributed by atoms with van der Waals surface area (Å²) in [7, 11) is 4.39. The van der Waals surface area contributed by atoms with E-state index in [1.54, 1.807) is 26.4 Å². The molecule has 1 aliphatic rings. The van der Waals surface area contributed by atoms with E-state index in [9.17, 15) is 4.79 Å². The van der Waals surface area contributed by atoms with Gasteiger partial charge in [-0.25, -0.2) is 4.79 Å². The number of nitrogens with zero attached hydrogens (tertiary/aromatic N) is 1. The molecule has 0 saturated heterocycles. The summed E-state index contributed by atoms with van der Waals surface area (Å²) in [6.45, 7) is 0. The van der Waals surface area contributed by atoms with Gasteiger partial charge in [0.15, 0.2) is 5.57 Å². The lowest BCUT2D eigenvalue weighted by Crippen LogP contribution is -2.03. The first-order valence-corrected chi connectivity index (χ1v) is 7.13. The van der Waals surface area contributed by atoms with Gasteiger partial charge in [-0.1, -0.05) is 23.5 Å². The molecule has 0 aliphatic carbocycles. The van der Waals surface area contributed by atoms with Crippen molar-refractivity contribution in [2.75, 3.05) is 21.3 Å². The molecule has 5 nitrogen and oxygen atoms in total. The van der Waals surface area contributed by atoms with Crippen molar-refractivity contribution in [3.63, 3.8) is 0 Å². The average Bonchev–Trinajstić information content (AvgIpc) is 2.91. The first-order chi connectivity index (χ1) is 9.65. The third-order valence-corrected chi connectivity index (χ3v) is 5.20. The van der Waals surface area contributed by atoms with E-state index in [1.807, 2.05) is 6.07 Å². The van der Waals surface area contributed by atoms with Gasteiger partial charge >= 0.3 is 5.97 Å². The van der Waals surface area contributed by atoms with Gasteiger partial charge in [0.05, 0.1) is 35.4 Å². The zero-order valence-electron chi connectivity index (χ0n) is 11.1. The SMILES string of the molecule is COC(=O)C(C#N)=C1Sc2c(OC)ccc(OC)c2S1. The summed E-state index contributed by atoms with van der Waals surface area (Å²) < 4.78 is 15.8. The normalized spacial score (nSPS) is 12.4. The number of thioether (sulfide) groups is 2. The summed E-state index contributed by atoms with van der Waals surface area (Å²) in [5.74, 6) is 0.708. The van der Waals surface area contributed by atoms with Crippen LogP contribution in [0.25, 0.3) is 0 Å². The fourth-order valence-electron chi connectivity index (χ4n) is 1.63. The number of carbonyl (C=O) groups excluding carboxylic acids is 1. The van der Waals surface area contributed by atoms with Crippen molar-refractivity contribution in [1.29, 1.82) is 5.26 Å². The van der Waals surface area contributed by atoms with Gasteiger partial charge in [0.2, 0.25) is 0 Å². The van der Waals surface area contributed by atoms with Gasteiger partial charge < -0.3 is 14.2 Å². The van der Waals surface area contributed by atoms with Crippen molar-refractivity contribution in [1.82, 2.24) is 0 Å². The predicted molar refractivity (Wildman–Crippen MR) is 75.9 cm³/mol. The lowest BCUT2D eigenvalue weighted by molar-refractivity contribution is -0.135. The second-order valence-electron chi connectivity index (χ2n) is 3.60. The van der Waals surface area contributed by atoms with Crippen LogP contribution in [0.3, 0.4) is 0 Å². The molecule has 1 aliphatic heterocycles. The maximum Gasteiger partial charge on any atom is 0.350 e. The Bertz CT molecular complexity index is 599. The van der Waals surface area contributed by atoms with Gasteiger partial charge in [-0.2, -0.15) is 5.26 Å². The second-order valence-corrected chi connectivity index (χ2v) is 5.90. The highest BCUT2D eigenvalue weighted by Crippen LogP contribution is 2.58. The van der Waals surface area contributed by atoms with Crippen molar-refractivity contribution in [3.8, 4) is 17.6 Å². The summed E-state index contributed by atoms with van der Waals surface area (Å²) >= 11 is 2.62. The molecule has 0 aromatic heterocycles. The van der Waals surface area contributed by atoms with E-state index in [-0.39, 0.29) is 5.57 Å². The highest BCUT2D eigenvalue weighted by atomic mass is 32.2. The summed E-state index contributed by atoms with van der Waals surface area (Å²) in [6, 6.07) is 5.47. The van der Waals surface area contributed by atoms with Crippen molar-refractivity contribution >= 4 is 29.5 Å². The van der Waals surface area contributed by atoms with Crippen LogP contribution < -0.4 is 9.47 Å². The molecule has 1 aromatic carbocycles. The molecule has 0 radical (unpaired) electrons. The van der Waals surface area contributed by atoms with Crippen molar-refractivity contribution in [2.24, 2.45) is 0 Å². The molecule has 2 rings (SSSR count). The topological polar surface area (TPSA) is 68.6 Å². The van der Waals surface area contributed by atoms with Crippen molar-refractivity contribution < 1.29 is 19.0 Å². The number of benzene rings is 1. The molecule has 0 amide bonds. The number of hydrogen-bond donors (Lipinski definition) is 0. The van der Waals surface area contributed by atoms with Crippen molar-refractivity contribution in [3.05, 3.63) is 21.9 Å². The largest absolute Gasteiger partial charge is 0.496 e. The van der Waals surface area contributed by atoms with Gasteiger partial charge in [0.25, 0.3) is 0 Å². The monoisotopic (exact) mass is 309 g/mol. The van der Waals surface area contributed by atoms with E-state index in [0.717, 1.165) is 9.79 Å². The highest BCUT2D eigenvalue weighted by Gasteiger charge is 2.30. The van der Waals surface area contributed by atoms with Crippen LogP contribution >= 0.6 is 23.5 Å². The quantitative estimate of drug-likeness (QED) is 0.483. The minimum absolute atomic E-state index is 0.0113. The van der Waals surface area contributed by atoms with Crippen LogP contribution in [0.4, 0.5) is 0 Å². The van der Waals surface area contributed by atoms with Crippen LogP contribution in [0.2, 0.25) is 0 Å². The van der Waals surface area contributed by atoms with Crippen molar-refractivity contribution in [2.45, 2.75) is 9.79 Å². The molecule has 20 heavy (non-hydrogen) atoms. The Hall–Kier alpha value is -1.78. The third-order valence-electron chi connectivity index (χ3n) is 2.57. The van der Waals surface area contributed by atoms with Crippen LogP contribution in [0.15, 0.2) is 31.7 Å². The molecule has 0 saturated carbocycles. The van der Waals surface area contributed by atoms with Crippen LogP contribution in [-0.4, -0.2) is 27.3 Å². The maximum atomic E-state index is 11.6. The maximum absolute atomic E-state index is 11.6. The summed E-state index contributed by atoms with van der Waals surface area (Å²) in [6.07, 6.45) is 0. The minimum atomic E-state index is -0.645. The molecular weight excluding hydrogens is 298 g/mol. The molecule has 0 N–H and O–H groups in total. The fourth-order valence-corrected chi connectivity index (χ4v) is 4.27. The molecule has 7 heteroatoms. The lowest BCUT2D eigenvalue weighted by Gasteiger charge is -2.08. The predicted octanol–water partition coefficient (Wildman–Crippen LogP) is 2.81. The number of rotatable bonds is 3. The van der Waals surface area contributed by atoms with E-state index in [0.29, 0.717) is 15.7 Å². The first kappa shape index (κ1) is 14.6. The van der Waals surface area contributed by atoms with Gasteiger partial charge in [0, 0.05) is 0 Å². The Morgan fingerprint density at radius 1 is 1.10 bits per heavy atom. The molecule has 1 aromatic rings. The molecule has 0 unspecified atom stereocenters. The van der Waals surface area contributed by atoms with Gasteiger partial charge in [-0.05, 0) is 12.1 Å². The summed E-state index contributed by atoms with van der Waals surface area (Å²) in [5, 5.41) is 9.12. The Morgan fingerprint density at radius 3 is 1.95 bits per heavy atom. The number of carbonyl (C=O) groups is 1.